The van der Waals surface area contributed by atoms with Gasteiger partial charge in [-0.15, -0.1) is 6.42 Å². The molecule has 0 bridgehead atoms. The van der Waals surface area contributed by atoms with E-state index in [0.29, 0.717) is 30.7 Å². The predicted octanol–water partition coefficient (Wildman–Crippen LogP) is 1.74. The van der Waals surface area contributed by atoms with Crippen LogP contribution in [0, 0.1) is 12.3 Å². The molecular formula is C16H19NO4. The third-order valence-electron chi connectivity index (χ3n) is 2.44. The Morgan fingerprint density at radius 3 is 2.33 bits per heavy atom. The second-order valence-electron chi connectivity index (χ2n) is 3.97. The summed E-state index contributed by atoms with van der Waals surface area (Å²) in [6.07, 6.45) is 7.91. The fraction of sp³-hybridized carbons (Fsp3) is 0.312. The van der Waals surface area contributed by atoms with Crippen LogP contribution in [0.3, 0.4) is 0 Å². The zero-order chi connectivity index (χ0) is 16.1. The number of hydrogen-bond donors (Lipinski definition) is 0. The van der Waals surface area contributed by atoms with Gasteiger partial charge in [-0.2, -0.15) is 5.06 Å². The van der Waals surface area contributed by atoms with E-state index in [9.17, 15) is 14.4 Å². The Kier molecular flexibility index (Phi) is 10.1. The molecule has 0 aliphatic heterocycles. The molecule has 0 fully saturated rings. The maximum absolute atomic E-state index is 10.8. The molecular weight excluding hydrogens is 270 g/mol. The monoisotopic (exact) mass is 289 g/mol. The highest BCUT2D eigenvalue weighted by molar-refractivity contribution is 5.84. The third-order valence-corrected chi connectivity index (χ3v) is 2.44. The van der Waals surface area contributed by atoms with E-state index in [2.05, 4.69) is 10.8 Å². The van der Waals surface area contributed by atoms with E-state index in [1.807, 2.05) is 31.2 Å². The standard InChI is InChI=1S/C10H8O.C6H11NO3/c1-2-9-3-5-10(6-4-9)7-8-11;1-3-4-6(9)7(5-8)10-2/h1,3-6,8H,7H2;5H,3-4H2,1-2H3. The smallest absolute Gasteiger partial charge is 0.253 e. The summed E-state index contributed by atoms with van der Waals surface area (Å²) >= 11 is 0. The summed E-state index contributed by atoms with van der Waals surface area (Å²) in [5.74, 6) is 2.20. The van der Waals surface area contributed by atoms with E-state index in [1.54, 1.807) is 0 Å². The number of hydrogen-bond acceptors (Lipinski definition) is 4. The molecule has 1 aromatic rings. The van der Waals surface area contributed by atoms with Crippen molar-refractivity contribution in [3.8, 4) is 12.3 Å². The Morgan fingerprint density at radius 1 is 1.33 bits per heavy atom. The van der Waals surface area contributed by atoms with Crippen LogP contribution in [0.25, 0.3) is 0 Å². The molecule has 0 unspecified atom stereocenters. The first-order valence-electron chi connectivity index (χ1n) is 6.43. The average Bonchev–Trinajstić information content (AvgIpc) is 2.50. The number of terminal acetylenes is 1. The first kappa shape index (κ1) is 18.6. The number of carbonyl (C=O) groups is 3. The summed E-state index contributed by atoms with van der Waals surface area (Å²) in [7, 11) is 1.28. The highest BCUT2D eigenvalue weighted by Gasteiger charge is 2.08. The van der Waals surface area contributed by atoms with E-state index < -0.39 is 0 Å². The number of aldehydes is 1. The molecule has 0 aliphatic carbocycles. The maximum atomic E-state index is 10.8. The van der Waals surface area contributed by atoms with Crippen LogP contribution in [-0.4, -0.2) is 30.8 Å². The minimum Gasteiger partial charge on any atom is -0.303 e. The molecule has 21 heavy (non-hydrogen) atoms. The van der Waals surface area contributed by atoms with Gasteiger partial charge in [-0.25, -0.2) is 0 Å². The SMILES string of the molecule is C#Cc1ccc(CC=O)cc1.CCCC(=O)N(C=O)OC. The Morgan fingerprint density at radius 2 is 1.95 bits per heavy atom. The van der Waals surface area contributed by atoms with Crippen molar-refractivity contribution < 1.29 is 19.2 Å². The fourth-order valence-electron chi connectivity index (χ4n) is 1.36. The highest BCUT2D eigenvalue weighted by Crippen LogP contribution is 2.02. The van der Waals surface area contributed by atoms with Crippen LogP contribution in [0.15, 0.2) is 24.3 Å². The van der Waals surface area contributed by atoms with Crippen LogP contribution < -0.4 is 0 Å². The van der Waals surface area contributed by atoms with Crippen molar-refractivity contribution in [2.75, 3.05) is 7.11 Å². The number of imide groups is 1. The molecule has 0 N–H and O–H groups in total. The quantitative estimate of drug-likeness (QED) is 0.454. The summed E-state index contributed by atoms with van der Waals surface area (Å²) in [6, 6.07) is 7.39. The summed E-state index contributed by atoms with van der Waals surface area (Å²) in [6.45, 7) is 1.86. The van der Waals surface area contributed by atoms with E-state index in [0.717, 1.165) is 17.4 Å². The first-order valence-corrected chi connectivity index (χ1v) is 6.43. The summed E-state index contributed by atoms with van der Waals surface area (Å²) in [5, 5.41) is 0.684. The second-order valence-corrected chi connectivity index (χ2v) is 3.97. The largest absolute Gasteiger partial charge is 0.303 e. The topological polar surface area (TPSA) is 63.7 Å². The van der Waals surface area contributed by atoms with Crippen LogP contribution in [0.1, 0.15) is 30.9 Å². The lowest BCUT2D eigenvalue weighted by Gasteiger charge is -2.09. The normalized spacial score (nSPS) is 8.81. The summed E-state index contributed by atoms with van der Waals surface area (Å²) in [4.78, 5) is 35.3. The Balaban J connectivity index is 0.000000384. The molecule has 112 valence electrons. The van der Waals surface area contributed by atoms with Gasteiger partial charge in [0.05, 0.1) is 7.11 Å². The summed E-state index contributed by atoms with van der Waals surface area (Å²) in [5.41, 5.74) is 1.85. The van der Waals surface area contributed by atoms with Gasteiger partial charge in [0.25, 0.3) is 5.91 Å². The van der Waals surface area contributed by atoms with Crippen molar-refractivity contribution in [3.63, 3.8) is 0 Å². The van der Waals surface area contributed by atoms with Crippen LogP contribution >= 0.6 is 0 Å². The fourth-order valence-corrected chi connectivity index (χ4v) is 1.36. The van der Waals surface area contributed by atoms with Crippen molar-refractivity contribution in [1.29, 1.82) is 0 Å². The van der Waals surface area contributed by atoms with Crippen molar-refractivity contribution in [2.24, 2.45) is 0 Å². The molecule has 0 saturated heterocycles. The second kappa shape index (κ2) is 11.4. The van der Waals surface area contributed by atoms with Gasteiger partial charge in [-0.3, -0.25) is 14.4 Å². The van der Waals surface area contributed by atoms with Crippen LogP contribution in [-0.2, 0) is 25.6 Å². The molecule has 0 spiro atoms. The van der Waals surface area contributed by atoms with Gasteiger partial charge in [0.2, 0.25) is 6.41 Å². The lowest BCUT2D eigenvalue weighted by Crippen LogP contribution is -2.27. The number of amides is 2. The molecule has 5 heteroatoms. The number of hydroxylamine groups is 2. The zero-order valence-corrected chi connectivity index (χ0v) is 12.2. The molecule has 0 saturated carbocycles. The third kappa shape index (κ3) is 7.65. The Labute approximate surface area is 124 Å². The molecule has 0 aliphatic rings. The molecule has 1 aromatic carbocycles. The van der Waals surface area contributed by atoms with Gasteiger partial charge < -0.3 is 4.79 Å². The lowest BCUT2D eigenvalue weighted by atomic mass is 10.1. The molecule has 0 atom stereocenters. The van der Waals surface area contributed by atoms with E-state index in [4.69, 9.17) is 6.42 Å². The highest BCUT2D eigenvalue weighted by atomic mass is 16.7. The van der Waals surface area contributed by atoms with E-state index in [1.165, 1.54) is 7.11 Å². The van der Waals surface area contributed by atoms with Gasteiger partial charge >= 0.3 is 0 Å². The van der Waals surface area contributed by atoms with Gasteiger partial charge in [0, 0.05) is 18.4 Å². The summed E-state index contributed by atoms with van der Waals surface area (Å²) < 4.78 is 0. The van der Waals surface area contributed by atoms with Gasteiger partial charge in [-0.1, -0.05) is 25.0 Å². The predicted molar refractivity (Wildman–Crippen MR) is 79.0 cm³/mol. The Bertz CT molecular complexity index is 488. The molecule has 5 nitrogen and oxygen atoms in total. The van der Waals surface area contributed by atoms with Crippen molar-refractivity contribution in [2.45, 2.75) is 26.2 Å². The number of rotatable bonds is 6. The van der Waals surface area contributed by atoms with Gasteiger partial charge in [0.15, 0.2) is 0 Å². The van der Waals surface area contributed by atoms with Crippen LogP contribution in [0.2, 0.25) is 0 Å². The Hall–Kier alpha value is -2.45. The van der Waals surface area contributed by atoms with Crippen molar-refractivity contribution in [1.82, 2.24) is 5.06 Å². The van der Waals surface area contributed by atoms with Crippen LogP contribution in [0.4, 0.5) is 0 Å². The number of benzene rings is 1. The minimum absolute atomic E-state index is 0.306. The number of carbonyl (C=O) groups excluding carboxylic acids is 3. The first-order chi connectivity index (χ1) is 10.1. The molecule has 0 heterocycles. The average molecular weight is 289 g/mol. The van der Waals surface area contributed by atoms with E-state index in [-0.39, 0.29) is 5.91 Å². The van der Waals surface area contributed by atoms with Crippen molar-refractivity contribution in [3.05, 3.63) is 35.4 Å². The van der Waals surface area contributed by atoms with Crippen molar-refractivity contribution >= 4 is 18.6 Å². The molecule has 0 radical (unpaired) electrons. The lowest BCUT2D eigenvalue weighted by molar-refractivity contribution is -0.178. The van der Waals surface area contributed by atoms with Crippen LogP contribution in [0.5, 0.6) is 0 Å². The van der Waals surface area contributed by atoms with Gasteiger partial charge in [0.1, 0.15) is 6.29 Å². The molecule has 1 rings (SSSR count). The molecule has 2 amide bonds. The number of nitrogens with zero attached hydrogens (tertiary/aromatic N) is 1. The zero-order valence-electron chi connectivity index (χ0n) is 12.2. The van der Waals surface area contributed by atoms with E-state index >= 15 is 0 Å². The molecule has 0 aromatic heterocycles. The van der Waals surface area contributed by atoms with Gasteiger partial charge in [-0.05, 0) is 24.1 Å². The minimum atomic E-state index is -0.306. The maximum Gasteiger partial charge on any atom is 0.253 e.